The minimum Gasteiger partial charge on any atom is -0.382 e. The van der Waals surface area contributed by atoms with Crippen molar-refractivity contribution in [3.63, 3.8) is 0 Å². The van der Waals surface area contributed by atoms with Crippen LogP contribution in [-0.4, -0.2) is 43.9 Å². The fourth-order valence-electron chi connectivity index (χ4n) is 2.56. The summed E-state index contributed by atoms with van der Waals surface area (Å²) in [7, 11) is -3.56. The molecule has 0 radical (unpaired) electrons. The number of hydrogen-bond donors (Lipinski definition) is 3. The van der Waals surface area contributed by atoms with Crippen LogP contribution >= 0.6 is 35.6 Å². The molecule has 1 amide bonds. The third kappa shape index (κ3) is 7.77. The molecule has 10 heteroatoms. The van der Waals surface area contributed by atoms with E-state index in [1.807, 2.05) is 30.3 Å². The van der Waals surface area contributed by atoms with Gasteiger partial charge >= 0.3 is 0 Å². The fraction of sp³-hybridized carbons (Fsp3) is 0.316. The monoisotopic (exact) mass is 480 g/mol. The zero-order valence-corrected chi connectivity index (χ0v) is 18.6. The molecule has 2 rings (SSSR count). The summed E-state index contributed by atoms with van der Waals surface area (Å²) in [5, 5.41) is 13.0. The van der Waals surface area contributed by atoms with Crippen LogP contribution in [0.2, 0.25) is 10.0 Å². The van der Waals surface area contributed by atoms with Crippen molar-refractivity contribution in [3.8, 4) is 0 Å². The summed E-state index contributed by atoms with van der Waals surface area (Å²) in [6, 6.07) is 12.6. The first kappa shape index (κ1) is 25.7. The molecule has 0 aromatic heterocycles. The van der Waals surface area contributed by atoms with Gasteiger partial charge in [-0.3, -0.25) is 4.79 Å². The first-order valence-corrected chi connectivity index (χ1v) is 11.0. The molecule has 29 heavy (non-hydrogen) atoms. The highest BCUT2D eigenvalue weighted by Gasteiger charge is 2.23. The van der Waals surface area contributed by atoms with Gasteiger partial charge in [0.25, 0.3) is 0 Å². The van der Waals surface area contributed by atoms with Crippen LogP contribution in [0.5, 0.6) is 0 Å². The molecule has 160 valence electrons. The molecule has 0 saturated carbocycles. The summed E-state index contributed by atoms with van der Waals surface area (Å²) in [5.41, 5.74) is 6.81. The SMILES string of the molecule is Cl.NC(Cc1ccccc1)C(O)C(=O)NCCCS(=O)(=O)c1ccc(Cl)c(Cl)c1. The Kier molecular flexibility index (Phi) is 10.4. The zero-order chi connectivity index (χ0) is 20.7. The van der Waals surface area contributed by atoms with Gasteiger partial charge in [-0.05, 0) is 36.6 Å². The van der Waals surface area contributed by atoms with E-state index in [2.05, 4.69) is 5.32 Å². The molecule has 0 fully saturated rings. The molecule has 0 bridgehead atoms. The summed E-state index contributed by atoms with van der Waals surface area (Å²) in [5.74, 6) is -0.812. The highest BCUT2D eigenvalue weighted by atomic mass is 35.5. The van der Waals surface area contributed by atoms with Crippen LogP contribution < -0.4 is 11.1 Å². The molecule has 2 unspecified atom stereocenters. The Morgan fingerprint density at radius 3 is 2.38 bits per heavy atom. The largest absolute Gasteiger partial charge is 0.382 e. The second-order valence-electron chi connectivity index (χ2n) is 6.34. The number of halogens is 3. The minimum absolute atomic E-state index is 0. The smallest absolute Gasteiger partial charge is 0.250 e. The van der Waals surface area contributed by atoms with Gasteiger partial charge in [0.1, 0.15) is 6.10 Å². The van der Waals surface area contributed by atoms with E-state index in [-0.39, 0.29) is 46.1 Å². The van der Waals surface area contributed by atoms with Crippen molar-refractivity contribution in [2.45, 2.75) is 29.9 Å². The van der Waals surface area contributed by atoms with Crippen molar-refractivity contribution < 1.29 is 18.3 Å². The number of benzene rings is 2. The van der Waals surface area contributed by atoms with Gasteiger partial charge < -0.3 is 16.2 Å². The summed E-state index contributed by atoms with van der Waals surface area (Å²) in [4.78, 5) is 12.1. The van der Waals surface area contributed by atoms with Crippen molar-refractivity contribution in [2.24, 2.45) is 5.73 Å². The van der Waals surface area contributed by atoms with Crippen LogP contribution in [0.1, 0.15) is 12.0 Å². The molecule has 4 N–H and O–H groups in total. The van der Waals surface area contributed by atoms with E-state index < -0.39 is 27.9 Å². The second kappa shape index (κ2) is 11.7. The number of carbonyl (C=O) groups is 1. The van der Waals surface area contributed by atoms with Gasteiger partial charge in [-0.25, -0.2) is 8.42 Å². The van der Waals surface area contributed by atoms with Gasteiger partial charge in [-0.2, -0.15) is 0 Å². The summed E-state index contributed by atoms with van der Waals surface area (Å²) in [6.07, 6.45) is -0.859. The Morgan fingerprint density at radius 1 is 1.10 bits per heavy atom. The van der Waals surface area contributed by atoms with Crippen molar-refractivity contribution in [2.75, 3.05) is 12.3 Å². The normalized spacial score (nSPS) is 13.2. The van der Waals surface area contributed by atoms with Gasteiger partial charge in [0.15, 0.2) is 9.84 Å². The number of sulfone groups is 1. The third-order valence-corrected chi connectivity index (χ3v) is 6.66. The lowest BCUT2D eigenvalue weighted by Gasteiger charge is -2.18. The number of carbonyl (C=O) groups excluding carboxylic acids is 1. The third-order valence-electron chi connectivity index (χ3n) is 4.13. The summed E-state index contributed by atoms with van der Waals surface area (Å²) in [6.45, 7) is 0.0918. The molecule has 2 atom stereocenters. The molecule has 2 aromatic carbocycles. The molecule has 0 aliphatic rings. The Labute approximate surface area is 186 Å². The van der Waals surface area contributed by atoms with Gasteiger partial charge in [0.05, 0.1) is 20.7 Å². The van der Waals surface area contributed by atoms with Crippen molar-refractivity contribution in [1.29, 1.82) is 0 Å². The fourth-order valence-corrected chi connectivity index (χ4v) is 4.25. The number of aliphatic hydroxyl groups is 1. The minimum atomic E-state index is -3.56. The Hall–Kier alpha value is -1.35. The highest BCUT2D eigenvalue weighted by molar-refractivity contribution is 7.91. The van der Waals surface area contributed by atoms with E-state index in [1.165, 1.54) is 18.2 Å². The lowest BCUT2D eigenvalue weighted by molar-refractivity contribution is -0.130. The summed E-state index contributed by atoms with van der Waals surface area (Å²) >= 11 is 11.6. The molecule has 0 spiro atoms. The predicted octanol–water partition coefficient (Wildman–Crippen LogP) is 2.63. The maximum atomic E-state index is 12.3. The predicted molar refractivity (Wildman–Crippen MR) is 118 cm³/mol. The van der Waals surface area contributed by atoms with Gasteiger partial charge in [-0.1, -0.05) is 53.5 Å². The lowest BCUT2D eigenvalue weighted by Crippen LogP contribution is -2.47. The maximum absolute atomic E-state index is 12.3. The van der Waals surface area contributed by atoms with Gasteiger partial charge in [-0.15, -0.1) is 12.4 Å². The molecular weight excluding hydrogens is 459 g/mol. The van der Waals surface area contributed by atoms with E-state index in [4.69, 9.17) is 28.9 Å². The van der Waals surface area contributed by atoms with E-state index in [9.17, 15) is 18.3 Å². The number of aliphatic hydroxyl groups excluding tert-OH is 1. The van der Waals surface area contributed by atoms with Gasteiger partial charge in [0.2, 0.25) is 5.91 Å². The molecule has 6 nitrogen and oxygen atoms in total. The van der Waals surface area contributed by atoms with E-state index in [0.717, 1.165) is 5.56 Å². The molecule has 0 aliphatic carbocycles. The van der Waals surface area contributed by atoms with Crippen LogP contribution in [0.15, 0.2) is 53.4 Å². The van der Waals surface area contributed by atoms with Crippen LogP contribution in [0.4, 0.5) is 0 Å². The number of rotatable bonds is 9. The molecule has 2 aromatic rings. The number of hydrogen-bond acceptors (Lipinski definition) is 5. The molecule has 0 aliphatic heterocycles. The lowest BCUT2D eigenvalue weighted by atomic mass is 10.0. The first-order valence-electron chi connectivity index (χ1n) is 8.64. The Bertz CT molecular complexity index is 911. The number of nitrogens with one attached hydrogen (secondary N) is 1. The maximum Gasteiger partial charge on any atom is 0.250 e. The van der Waals surface area contributed by atoms with Crippen molar-refractivity contribution >= 4 is 51.4 Å². The van der Waals surface area contributed by atoms with Crippen LogP contribution in [-0.2, 0) is 21.1 Å². The van der Waals surface area contributed by atoms with Crippen molar-refractivity contribution in [1.82, 2.24) is 5.32 Å². The van der Waals surface area contributed by atoms with Gasteiger partial charge in [0, 0.05) is 12.6 Å². The number of amides is 1. The molecule has 0 heterocycles. The quantitative estimate of drug-likeness (QED) is 0.477. The molecular formula is C19H23Cl3N2O4S. The average Bonchev–Trinajstić information content (AvgIpc) is 2.67. The Morgan fingerprint density at radius 2 is 1.76 bits per heavy atom. The topological polar surface area (TPSA) is 109 Å². The highest BCUT2D eigenvalue weighted by Crippen LogP contribution is 2.25. The second-order valence-corrected chi connectivity index (χ2v) is 9.26. The first-order chi connectivity index (χ1) is 13.2. The number of nitrogens with two attached hydrogens (primary N) is 1. The zero-order valence-electron chi connectivity index (χ0n) is 15.4. The van der Waals surface area contributed by atoms with Crippen LogP contribution in [0, 0.1) is 0 Å². The van der Waals surface area contributed by atoms with Crippen molar-refractivity contribution in [3.05, 3.63) is 64.1 Å². The summed E-state index contributed by atoms with van der Waals surface area (Å²) < 4.78 is 24.6. The Balaban J connectivity index is 0.00000420. The van der Waals surface area contributed by atoms with E-state index in [1.54, 1.807) is 0 Å². The van der Waals surface area contributed by atoms with Crippen LogP contribution in [0.3, 0.4) is 0 Å². The van der Waals surface area contributed by atoms with Crippen LogP contribution in [0.25, 0.3) is 0 Å². The average molecular weight is 482 g/mol. The molecule has 0 saturated heterocycles. The van der Waals surface area contributed by atoms with E-state index >= 15 is 0 Å². The van der Waals surface area contributed by atoms with E-state index in [0.29, 0.717) is 6.42 Å². The standard InChI is InChI=1S/C19H22Cl2N2O4S.ClH/c20-15-8-7-14(12-16(15)21)28(26,27)10-4-9-23-19(25)18(24)17(22)11-13-5-2-1-3-6-13;/h1-3,5-8,12,17-18,24H,4,9-11,22H2,(H,23,25);1H.